The van der Waals surface area contributed by atoms with Gasteiger partial charge in [-0.25, -0.2) is 24.9 Å². The molecule has 0 aliphatic carbocycles. The van der Waals surface area contributed by atoms with Crippen molar-refractivity contribution in [3.8, 4) is 56.4 Å². The smallest absolute Gasteiger partial charge is 0.170 e. The molecule has 0 saturated carbocycles. The van der Waals surface area contributed by atoms with Crippen LogP contribution in [-0.2, 0) is 0 Å². The van der Waals surface area contributed by atoms with Gasteiger partial charge < -0.3 is 5.32 Å². The third-order valence-corrected chi connectivity index (χ3v) is 10.8. The first-order chi connectivity index (χ1) is 29.2. The molecule has 1 N–H and O–H groups in total. The highest BCUT2D eigenvalue weighted by Gasteiger charge is 2.26. The van der Waals surface area contributed by atoms with Crippen LogP contribution in [0.25, 0.3) is 67.2 Å². The lowest BCUT2D eigenvalue weighted by Crippen LogP contribution is -2.36. The molecule has 9 aromatic rings. The standard InChI is InChI=1S/C53H38N6/c1-35-19-11-12-28-40(35)42-30-14-16-32-44(42)51-55-49(39-24-9-4-10-25-39)57-53(59-51)46-34-18-27-37-26-17-33-45(47(37)46)52-56-48(38-22-7-3-8-23-38)54-50(58-52)43-31-15-13-29-41(43)36-20-5-2-6-21-36/h2-34,52H,1H3,(H,54,56,58). The highest BCUT2D eigenvalue weighted by molar-refractivity contribution is 6.18. The van der Waals surface area contributed by atoms with Crippen molar-refractivity contribution in [2.75, 3.05) is 0 Å². The van der Waals surface area contributed by atoms with Crippen molar-refractivity contribution < 1.29 is 0 Å². The fraction of sp³-hybridized carbons (Fsp3) is 0.0377. The topological polar surface area (TPSA) is 75.4 Å². The number of aromatic nitrogens is 3. The normalized spacial score (nSPS) is 13.7. The molecule has 59 heavy (non-hydrogen) atoms. The molecule has 0 spiro atoms. The summed E-state index contributed by atoms with van der Waals surface area (Å²) in [6.07, 6.45) is -0.577. The van der Waals surface area contributed by atoms with Crippen LogP contribution in [0, 0.1) is 6.92 Å². The molecule has 6 nitrogen and oxygen atoms in total. The maximum absolute atomic E-state index is 5.42. The lowest BCUT2D eigenvalue weighted by atomic mass is 9.95. The maximum atomic E-state index is 5.42. The number of amidine groups is 2. The number of rotatable bonds is 8. The Hall–Kier alpha value is -7.83. The fourth-order valence-electron chi connectivity index (χ4n) is 7.92. The van der Waals surface area contributed by atoms with Crippen LogP contribution in [0.1, 0.15) is 28.4 Å². The van der Waals surface area contributed by atoms with E-state index in [0.717, 1.165) is 78.1 Å². The molecule has 1 aliphatic rings. The Morgan fingerprint density at radius 3 is 1.54 bits per heavy atom. The zero-order valence-corrected chi connectivity index (χ0v) is 32.4. The highest BCUT2D eigenvalue weighted by atomic mass is 15.2. The van der Waals surface area contributed by atoms with Gasteiger partial charge >= 0.3 is 0 Å². The monoisotopic (exact) mass is 758 g/mol. The van der Waals surface area contributed by atoms with E-state index in [0.29, 0.717) is 17.5 Å². The second-order valence-corrected chi connectivity index (χ2v) is 14.5. The number of nitrogens with zero attached hydrogens (tertiary/aromatic N) is 5. The summed E-state index contributed by atoms with van der Waals surface area (Å²) in [7, 11) is 0. The van der Waals surface area contributed by atoms with Crippen LogP contribution >= 0.6 is 0 Å². The van der Waals surface area contributed by atoms with Crippen molar-refractivity contribution in [1.29, 1.82) is 0 Å². The zero-order chi connectivity index (χ0) is 39.5. The van der Waals surface area contributed by atoms with Crippen LogP contribution < -0.4 is 5.32 Å². The van der Waals surface area contributed by atoms with Crippen molar-refractivity contribution in [2.24, 2.45) is 9.98 Å². The molecular weight excluding hydrogens is 721 g/mol. The SMILES string of the molecule is Cc1ccccc1-c1ccccc1-c1nc(-c2ccccc2)nc(-c2cccc3cccc(C4N=C(c5ccccc5)NC(c5ccccc5-c5ccccc5)=N4)c23)n1. The summed E-state index contributed by atoms with van der Waals surface area (Å²) in [6, 6.07) is 68.7. The van der Waals surface area contributed by atoms with Crippen molar-refractivity contribution in [3.05, 3.63) is 222 Å². The van der Waals surface area contributed by atoms with Crippen LogP contribution in [0.4, 0.5) is 0 Å². The van der Waals surface area contributed by atoms with Gasteiger partial charge in [0, 0.05) is 33.4 Å². The number of nitrogens with one attached hydrogen (secondary N) is 1. The quantitative estimate of drug-likeness (QED) is 0.167. The molecular formula is C53H38N6. The van der Waals surface area contributed by atoms with Crippen LogP contribution in [0.3, 0.4) is 0 Å². The molecule has 1 aliphatic heterocycles. The van der Waals surface area contributed by atoms with E-state index in [1.807, 2.05) is 60.7 Å². The number of hydrogen-bond donors (Lipinski definition) is 1. The molecule has 2 heterocycles. The molecule has 0 saturated heterocycles. The lowest BCUT2D eigenvalue weighted by Gasteiger charge is -2.25. The minimum atomic E-state index is -0.577. The van der Waals surface area contributed by atoms with E-state index < -0.39 is 6.17 Å². The van der Waals surface area contributed by atoms with Gasteiger partial charge in [-0.05, 0) is 45.5 Å². The number of aryl methyl sites for hydroxylation is 1. The minimum absolute atomic E-state index is 0.575. The van der Waals surface area contributed by atoms with Gasteiger partial charge in [0.05, 0.1) is 0 Å². The van der Waals surface area contributed by atoms with Crippen molar-refractivity contribution in [3.63, 3.8) is 0 Å². The van der Waals surface area contributed by atoms with Gasteiger partial charge in [0.25, 0.3) is 0 Å². The fourth-order valence-corrected chi connectivity index (χ4v) is 7.92. The average Bonchev–Trinajstić information content (AvgIpc) is 3.32. The third kappa shape index (κ3) is 6.98. The maximum Gasteiger partial charge on any atom is 0.170 e. The van der Waals surface area contributed by atoms with Gasteiger partial charge in [0.15, 0.2) is 23.6 Å². The van der Waals surface area contributed by atoms with E-state index >= 15 is 0 Å². The Labute approximate surface area is 343 Å². The molecule has 1 atom stereocenters. The molecule has 0 radical (unpaired) electrons. The summed E-state index contributed by atoms with van der Waals surface area (Å²) in [6.45, 7) is 2.14. The van der Waals surface area contributed by atoms with Gasteiger partial charge in [-0.2, -0.15) is 0 Å². The first-order valence-corrected chi connectivity index (χ1v) is 19.8. The molecule has 280 valence electrons. The van der Waals surface area contributed by atoms with Gasteiger partial charge in [-0.15, -0.1) is 0 Å². The van der Waals surface area contributed by atoms with E-state index in [2.05, 4.69) is 152 Å². The first-order valence-electron chi connectivity index (χ1n) is 19.8. The van der Waals surface area contributed by atoms with E-state index in [1.54, 1.807) is 0 Å². The molecule has 0 amide bonds. The Kier molecular flexibility index (Phi) is 9.41. The van der Waals surface area contributed by atoms with Crippen LogP contribution in [0.5, 0.6) is 0 Å². The molecule has 1 aromatic heterocycles. The van der Waals surface area contributed by atoms with Gasteiger partial charge in [-0.3, -0.25) is 0 Å². The predicted molar refractivity (Wildman–Crippen MR) is 241 cm³/mol. The van der Waals surface area contributed by atoms with E-state index in [4.69, 9.17) is 24.9 Å². The Bertz CT molecular complexity index is 3030. The second kappa shape index (κ2) is 15.6. The number of hydrogen-bond acceptors (Lipinski definition) is 6. The molecule has 10 rings (SSSR count). The number of aliphatic imine (C=N–C) groups is 2. The van der Waals surface area contributed by atoms with E-state index in [-0.39, 0.29) is 0 Å². The predicted octanol–water partition coefficient (Wildman–Crippen LogP) is 12.2. The van der Waals surface area contributed by atoms with Gasteiger partial charge in [0.1, 0.15) is 11.7 Å². The van der Waals surface area contributed by atoms with Crippen LogP contribution in [0.2, 0.25) is 0 Å². The van der Waals surface area contributed by atoms with E-state index in [1.165, 1.54) is 5.56 Å². The third-order valence-electron chi connectivity index (χ3n) is 10.8. The largest absolute Gasteiger partial charge is 0.324 e. The summed E-state index contributed by atoms with van der Waals surface area (Å²) in [5, 5.41) is 5.66. The van der Waals surface area contributed by atoms with Crippen molar-refractivity contribution in [1.82, 2.24) is 20.3 Å². The summed E-state index contributed by atoms with van der Waals surface area (Å²) in [4.78, 5) is 26.4. The molecule has 0 bridgehead atoms. The van der Waals surface area contributed by atoms with Crippen LogP contribution in [-0.4, -0.2) is 26.6 Å². The van der Waals surface area contributed by atoms with Gasteiger partial charge in [-0.1, -0.05) is 200 Å². The zero-order valence-electron chi connectivity index (χ0n) is 32.4. The summed E-state index contributed by atoms with van der Waals surface area (Å²) in [5.41, 5.74) is 11.2. The number of fused-ring (bicyclic) bond motifs is 1. The second-order valence-electron chi connectivity index (χ2n) is 14.5. The average molecular weight is 759 g/mol. The first kappa shape index (κ1) is 35.6. The molecule has 1 unspecified atom stereocenters. The van der Waals surface area contributed by atoms with Gasteiger partial charge in [0.2, 0.25) is 0 Å². The minimum Gasteiger partial charge on any atom is -0.324 e. The molecule has 8 aromatic carbocycles. The Balaban J connectivity index is 1.19. The summed E-state index contributed by atoms with van der Waals surface area (Å²) < 4.78 is 0. The Morgan fingerprint density at radius 2 is 0.847 bits per heavy atom. The molecule has 6 heteroatoms. The summed E-state index contributed by atoms with van der Waals surface area (Å²) in [5.74, 6) is 3.28. The Morgan fingerprint density at radius 1 is 0.356 bits per heavy atom. The van der Waals surface area contributed by atoms with Crippen molar-refractivity contribution in [2.45, 2.75) is 13.1 Å². The number of benzene rings is 8. The lowest BCUT2D eigenvalue weighted by molar-refractivity contribution is 0.762. The highest BCUT2D eigenvalue weighted by Crippen LogP contribution is 2.39. The molecule has 0 fully saturated rings. The van der Waals surface area contributed by atoms with Crippen molar-refractivity contribution >= 4 is 22.4 Å². The van der Waals surface area contributed by atoms with Crippen LogP contribution in [0.15, 0.2) is 210 Å². The van der Waals surface area contributed by atoms with E-state index in [9.17, 15) is 0 Å². The summed E-state index contributed by atoms with van der Waals surface area (Å²) >= 11 is 0.